The third-order valence-electron chi connectivity index (χ3n) is 5.88. The van der Waals surface area contributed by atoms with Gasteiger partial charge in [-0.05, 0) is 62.5 Å². The van der Waals surface area contributed by atoms with E-state index in [0.29, 0.717) is 36.8 Å². The Hall–Kier alpha value is -3.32. The van der Waals surface area contributed by atoms with Crippen molar-refractivity contribution < 1.29 is 24.2 Å². The molecule has 0 aromatic heterocycles. The van der Waals surface area contributed by atoms with Crippen LogP contribution in [0.3, 0.4) is 0 Å². The fourth-order valence-electron chi connectivity index (χ4n) is 3.99. The minimum Gasteiger partial charge on any atom is -0.507 e. The molecule has 0 aliphatic carbocycles. The van der Waals surface area contributed by atoms with E-state index in [4.69, 9.17) is 9.47 Å². The van der Waals surface area contributed by atoms with E-state index in [1.54, 1.807) is 31.4 Å². The highest BCUT2D eigenvalue weighted by atomic mass is 16.5. The number of Topliss-reactive ketones (excluding diaryl/α,β-unsaturated/α-hetero) is 1. The van der Waals surface area contributed by atoms with Crippen molar-refractivity contribution in [3.63, 3.8) is 0 Å². The number of carbonyl (C=O) groups excluding carboxylic acids is 2. The van der Waals surface area contributed by atoms with Gasteiger partial charge in [0.15, 0.2) is 0 Å². The summed E-state index contributed by atoms with van der Waals surface area (Å²) in [6, 6.07) is 13.5. The Morgan fingerprint density at radius 3 is 2.44 bits per heavy atom. The van der Waals surface area contributed by atoms with Gasteiger partial charge in [0.1, 0.15) is 17.3 Å². The maximum Gasteiger partial charge on any atom is 0.295 e. The highest BCUT2D eigenvalue weighted by molar-refractivity contribution is 6.46. The summed E-state index contributed by atoms with van der Waals surface area (Å²) in [6.07, 6.45) is 3.15. The second-order valence-electron chi connectivity index (χ2n) is 8.65. The molecule has 0 spiro atoms. The predicted molar refractivity (Wildman–Crippen MR) is 132 cm³/mol. The lowest BCUT2D eigenvalue weighted by Crippen LogP contribution is -2.35. The summed E-state index contributed by atoms with van der Waals surface area (Å²) in [5.74, 6) is -0.196. The molecule has 3 rings (SSSR count). The van der Waals surface area contributed by atoms with E-state index in [0.717, 1.165) is 24.8 Å². The van der Waals surface area contributed by atoms with Crippen LogP contribution in [0.25, 0.3) is 5.76 Å². The van der Waals surface area contributed by atoms with Gasteiger partial charge in [-0.15, -0.1) is 0 Å². The molecule has 1 fully saturated rings. The molecule has 0 saturated carbocycles. The highest BCUT2D eigenvalue weighted by Gasteiger charge is 2.46. The SMILES string of the molecule is CCCCCOc1cccc(C2/C(=C(\O)c3ccc(OC)cc3)C(=O)C(=O)N2CCN(C)C)c1. The Morgan fingerprint density at radius 1 is 1.06 bits per heavy atom. The van der Waals surface area contributed by atoms with E-state index >= 15 is 0 Å². The van der Waals surface area contributed by atoms with Gasteiger partial charge in [0.2, 0.25) is 0 Å². The minimum absolute atomic E-state index is 0.0806. The van der Waals surface area contributed by atoms with Crippen LogP contribution in [-0.4, -0.2) is 67.5 Å². The number of aliphatic hydroxyl groups is 1. The number of hydrogen-bond donors (Lipinski definition) is 1. The zero-order valence-corrected chi connectivity index (χ0v) is 20.4. The van der Waals surface area contributed by atoms with Crippen LogP contribution in [0.1, 0.15) is 43.4 Å². The first-order valence-corrected chi connectivity index (χ1v) is 11.7. The molecule has 182 valence electrons. The second-order valence-corrected chi connectivity index (χ2v) is 8.65. The van der Waals surface area contributed by atoms with Crippen LogP contribution in [0.5, 0.6) is 11.5 Å². The van der Waals surface area contributed by atoms with Gasteiger partial charge in [-0.2, -0.15) is 0 Å². The number of nitrogens with zero attached hydrogens (tertiary/aromatic N) is 2. The number of aliphatic hydroxyl groups excluding tert-OH is 1. The molecule has 1 aliphatic heterocycles. The Labute approximate surface area is 201 Å². The predicted octanol–water partition coefficient (Wildman–Crippen LogP) is 4.25. The van der Waals surface area contributed by atoms with Crippen molar-refractivity contribution in [3.8, 4) is 11.5 Å². The lowest BCUT2D eigenvalue weighted by Gasteiger charge is -2.27. The lowest BCUT2D eigenvalue weighted by molar-refractivity contribution is -0.140. The van der Waals surface area contributed by atoms with Gasteiger partial charge in [-0.25, -0.2) is 0 Å². The molecule has 34 heavy (non-hydrogen) atoms. The van der Waals surface area contributed by atoms with Gasteiger partial charge in [-0.1, -0.05) is 31.9 Å². The molecule has 7 nitrogen and oxygen atoms in total. The number of unbranched alkanes of at least 4 members (excludes halogenated alkanes) is 2. The zero-order valence-electron chi connectivity index (χ0n) is 20.4. The number of methoxy groups -OCH3 is 1. The first kappa shape index (κ1) is 25.3. The fourth-order valence-corrected chi connectivity index (χ4v) is 3.99. The Balaban J connectivity index is 2.03. The van der Waals surface area contributed by atoms with Crippen LogP contribution in [-0.2, 0) is 9.59 Å². The number of benzene rings is 2. The van der Waals surface area contributed by atoms with Crippen molar-refractivity contribution in [2.24, 2.45) is 0 Å². The summed E-state index contributed by atoms with van der Waals surface area (Å²) in [6.45, 7) is 3.67. The third kappa shape index (κ3) is 5.78. The van der Waals surface area contributed by atoms with E-state index < -0.39 is 17.7 Å². The summed E-state index contributed by atoms with van der Waals surface area (Å²) in [5, 5.41) is 11.2. The van der Waals surface area contributed by atoms with Crippen molar-refractivity contribution in [2.45, 2.75) is 32.2 Å². The molecule has 1 aliphatic rings. The van der Waals surface area contributed by atoms with Gasteiger partial charge >= 0.3 is 0 Å². The summed E-state index contributed by atoms with van der Waals surface area (Å²) in [7, 11) is 5.38. The van der Waals surface area contributed by atoms with Crippen molar-refractivity contribution in [1.29, 1.82) is 0 Å². The van der Waals surface area contributed by atoms with Gasteiger partial charge in [0, 0.05) is 18.7 Å². The highest BCUT2D eigenvalue weighted by Crippen LogP contribution is 2.40. The van der Waals surface area contributed by atoms with Crippen LogP contribution >= 0.6 is 0 Å². The summed E-state index contributed by atoms with van der Waals surface area (Å²) < 4.78 is 11.1. The molecule has 2 aromatic rings. The zero-order chi connectivity index (χ0) is 24.7. The molecular weight excluding hydrogens is 432 g/mol. The molecule has 1 amide bonds. The van der Waals surface area contributed by atoms with Crippen molar-refractivity contribution in [3.05, 3.63) is 65.2 Å². The number of likely N-dealkylation sites (tertiary alicyclic amines) is 1. The molecule has 1 N–H and O–H groups in total. The molecule has 0 radical (unpaired) electrons. The number of hydrogen-bond acceptors (Lipinski definition) is 6. The van der Waals surface area contributed by atoms with E-state index in [-0.39, 0.29) is 11.3 Å². The number of carbonyl (C=O) groups is 2. The largest absolute Gasteiger partial charge is 0.507 e. The van der Waals surface area contributed by atoms with Gasteiger partial charge in [-0.3, -0.25) is 9.59 Å². The van der Waals surface area contributed by atoms with Gasteiger partial charge < -0.3 is 24.4 Å². The number of rotatable bonds is 11. The van der Waals surface area contributed by atoms with Crippen molar-refractivity contribution in [2.75, 3.05) is 40.9 Å². The Kier molecular flexibility index (Phi) is 8.71. The smallest absolute Gasteiger partial charge is 0.295 e. The maximum atomic E-state index is 13.1. The number of amides is 1. The first-order chi connectivity index (χ1) is 16.4. The maximum absolute atomic E-state index is 13.1. The van der Waals surface area contributed by atoms with Crippen LogP contribution in [0.2, 0.25) is 0 Å². The number of ether oxygens (including phenoxy) is 2. The summed E-state index contributed by atoms with van der Waals surface area (Å²) in [4.78, 5) is 29.7. The number of likely N-dealkylation sites (N-methyl/N-ethyl adjacent to an activating group) is 1. The minimum atomic E-state index is -0.707. The lowest BCUT2D eigenvalue weighted by atomic mass is 9.95. The summed E-state index contributed by atoms with van der Waals surface area (Å²) in [5.41, 5.74) is 1.25. The van der Waals surface area contributed by atoms with Crippen LogP contribution in [0, 0.1) is 0 Å². The topological polar surface area (TPSA) is 79.3 Å². The molecule has 2 aromatic carbocycles. The van der Waals surface area contributed by atoms with E-state index in [1.807, 2.05) is 43.3 Å². The van der Waals surface area contributed by atoms with Crippen molar-refractivity contribution >= 4 is 17.4 Å². The Bertz CT molecular complexity index is 1030. The van der Waals surface area contributed by atoms with E-state index in [1.165, 1.54) is 4.90 Å². The average molecular weight is 467 g/mol. The van der Waals surface area contributed by atoms with Crippen LogP contribution in [0.4, 0.5) is 0 Å². The fraction of sp³-hybridized carbons (Fsp3) is 0.407. The van der Waals surface area contributed by atoms with Crippen molar-refractivity contribution in [1.82, 2.24) is 9.80 Å². The molecule has 0 bridgehead atoms. The third-order valence-corrected chi connectivity index (χ3v) is 5.88. The monoisotopic (exact) mass is 466 g/mol. The molecule has 1 saturated heterocycles. The van der Waals surface area contributed by atoms with Crippen LogP contribution < -0.4 is 9.47 Å². The number of ketones is 1. The summed E-state index contributed by atoms with van der Waals surface area (Å²) >= 11 is 0. The van der Waals surface area contributed by atoms with Gasteiger partial charge in [0.05, 0.1) is 25.3 Å². The second kappa shape index (κ2) is 11.7. The molecule has 1 atom stereocenters. The standard InChI is InChI=1S/C27H34N2O5/c1-5-6-7-17-34-22-10-8-9-20(18-22)24-23(25(30)19-11-13-21(33-4)14-12-19)26(31)27(32)29(24)16-15-28(2)3/h8-14,18,24,30H,5-7,15-17H2,1-4H3/b25-23+. The van der Waals surface area contributed by atoms with E-state index in [9.17, 15) is 14.7 Å². The molecule has 7 heteroatoms. The normalized spacial score (nSPS) is 17.4. The van der Waals surface area contributed by atoms with E-state index in [2.05, 4.69) is 6.92 Å². The molecular formula is C27H34N2O5. The molecule has 1 heterocycles. The first-order valence-electron chi connectivity index (χ1n) is 11.7. The average Bonchev–Trinajstić information content (AvgIpc) is 3.10. The van der Waals surface area contributed by atoms with Crippen LogP contribution in [0.15, 0.2) is 54.1 Å². The van der Waals surface area contributed by atoms with Gasteiger partial charge in [0.25, 0.3) is 11.7 Å². The Morgan fingerprint density at radius 2 is 1.79 bits per heavy atom. The quantitative estimate of drug-likeness (QED) is 0.231. The molecule has 1 unspecified atom stereocenters.